The molecule has 1 fully saturated rings. The van der Waals surface area contributed by atoms with Crippen LogP contribution in [-0.2, 0) is 15.9 Å². The molecule has 8 heteroatoms. The van der Waals surface area contributed by atoms with Crippen molar-refractivity contribution in [3.05, 3.63) is 30.0 Å². The first-order valence-corrected chi connectivity index (χ1v) is 7.72. The van der Waals surface area contributed by atoms with Gasteiger partial charge in [0.05, 0.1) is 6.54 Å². The Morgan fingerprint density at radius 3 is 2.90 bits per heavy atom. The van der Waals surface area contributed by atoms with E-state index in [0.29, 0.717) is 17.4 Å². The van der Waals surface area contributed by atoms with Gasteiger partial charge in [-0.2, -0.15) is 12.7 Å². The van der Waals surface area contributed by atoms with E-state index in [1.165, 1.54) is 0 Å². The summed E-state index contributed by atoms with van der Waals surface area (Å²) in [5, 5.41) is 9.44. The topological polar surface area (TPSA) is 89.4 Å². The Morgan fingerprint density at radius 2 is 2.15 bits per heavy atom. The Labute approximate surface area is 115 Å². The average Bonchev–Trinajstić information content (AvgIpc) is 2.82. The average molecular weight is 299 g/mol. The Balaban J connectivity index is 2.03. The molecule has 0 spiro atoms. The number of hydrogen-bond donors (Lipinski definition) is 1. The third-order valence-electron chi connectivity index (χ3n) is 3.57. The first-order valence-electron chi connectivity index (χ1n) is 6.22. The predicted octanol–water partition coefficient (Wildman–Crippen LogP) is 1.29. The van der Waals surface area contributed by atoms with Crippen LogP contribution in [0.4, 0.5) is 4.39 Å². The number of alkyl halides is 1. The maximum atomic E-state index is 15.2. The number of piperidine rings is 1. The molecule has 2 N–H and O–H groups in total. The van der Waals surface area contributed by atoms with E-state index in [1.807, 2.05) is 0 Å². The van der Waals surface area contributed by atoms with Crippen LogP contribution in [0.2, 0.25) is 0 Å². The quantitative estimate of drug-likeness (QED) is 0.905. The predicted molar refractivity (Wildman–Crippen MR) is 70.7 cm³/mol. The van der Waals surface area contributed by atoms with Gasteiger partial charge in [0.15, 0.2) is 11.3 Å². The van der Waals surface area contributed by atoms with Gasteiger partial charge in [-0.1, -0.05) is 17.3 Å². The molecule has 1 aromatic carbocycles. The highest BCUT2D eigenvalue weighted by Gasteiger charge is 2.43. The summed E-state index contributed by atoms with van der Waals surface area (Å²) in [6, 6.07) is 6.92. The van der Waals surface area contributed by atoms with Gasteiger partial charge in [0.2, 0.25) is 0 Å². The third-order valence-corrected chi connectivity index (χ3v) is 4.60. The van der Waals surface area contributed by atoms with Crippen LogP contribution >= 0.6 is 0 Å². The molecule has 0 bridgehead atoms. The number of benzene rings is 1. The molecular formula is C12H14FN3O3S. The second-order valence-electron chi connectivity index (χ2n) is 4.97. The monoisotopic (exact) mass is 299 g/mol. The summed E-state index contributed by atoms with van der Waals surface area (Å²) in [7, 11) is -3.91. The number of para-hydroxylation sites is 1. The minimum absolute atomic E-state index is 0.140. The van der Waals surface area contributed by atoms with Gasteiger partial charge in [0, 0.05) is 11.9 Å². The zero-order chi connectivity index (χ0) is 14.4. The molecule has 20 heavy (non-hydrogen) atoms. The number of rotatable bonds is 2. The van der Waals surface area contributed by atoms with Crippen molar-refractivity contribution in [2.24, 2.45) is 5.14 Å². The van der Waals surface area contributed by atoms with Gasteiger partial charge in [-0.3, -0.25) is 0 Å². The van der Waals surface area contributed by atoms with Crippen molar-refractivity contribution in [1.82, 2.24) is 9.46 Å². The summed E-state index contributed by atoms with van der Waals surface area (Å²) in [6.07, 6.45) is 0.573. The minimum atomic E-state index is -3.91. The molecule has 2 aromatic rings. The number of nitrogens with two attached hydrogens (primary N) is 1. The van der Waals surface area contributed by atoms with Gasteiger partial charge in [-0.15, -0.1) is 0 Å². The molecule has 6 nitrogen and oxygen atoms in total. The van der Waals surface area contributed by atoms with E-state index < -0.39 is 15.9 Å². The Bertz CT molecular complexity index is 745. The smallest absolute Gasteiger partial charge is 0.277 e. The fraction of sp³-hybridized carbons (Fsp3) is 0.417. The summed E-state index contributed by atoms with van der Waals surface area (Å²) < 4.78 is 44.0. The highest BCUT2D eigenvalue weighted by atomic mass is 32.2. The molecule has 1 aliphatic rings. The highest BCUT2D eigenvalue weighted by Crippen LogP contribution is 2.38. The van der Waals surface area contributed by atoms with Gasteiger partial charge in [-0.05, 0) is 25.0 Å². The zero-order valence-electron chi connectivity index (χ0n) is 10.6. The van der Waals surface area contributed by atoms with E-state index in [-0.39, 0.29) is 25.2 Å². The molecule has 1 aliphatic heterocycles. The fourth-order valence-corrected chi connectivity index (χ4v) is 3.36. The van der Waals surface area contributed by atoms with Crippen LogP contribution in [0.5, 0.6) is 0 Å². The van der Waals surface area contributed by atoms with E-state index in [4.69, 9.17) is 9.66 Å². The standard InChI is InChI=1S/C12H14FN3O3S/c13-12(6-3-7-16(8-12)20(14,17)18)11-9-4-1-2-5-10(9)19-15-11/h1-2,4-5H,3,6-8H2,(H2,14,17,18). The molecule has 108 valence electrons. The second kappa shape index (κ2) is 4.51. The van der Waals surface area contributed by atoms with Crippen molar-refractivity contribution in [1.29, 1.82) is 0 Å². The van der Waals surface area contributed by atoms with Crippen molar-refractivity contribution < 1.29 is 17.3 Å². The third kappa shape index (κ3) is 2.19. The van der Waals surface area contributed by atoms with Gasteiger partial charge in [0.25, 0.3) is 10.2 Å². The van der Waals surface area contributed by atoms with Gasteiger partial charge in [0.1, 0.15) is 5.69 Å². The first-order chi connectivity index (χ1) is 9.40. The first kappa shape index (κ1) is 13.5. The van der Waals surface area contributed by atoms with Gasteiger partial charge >= 0.3 is 0 Å². The van der Waals surface area contributed by atoms with Crippen LogP contribution in [0.3, 0.4) is 0 Å². The van der Waals surface area contributed by atoms with E-state index in [2.05, 4.69) is 5.16 Å². The molecule has 1 atom stereocenters. The van der Waals surface area contributed by atoms with Crippen LogP contribution in [-0.4, -0.2) is 31.0 Å². The van der Waals surface area contributed by atoms with Crippen LogP contribution in [0.1, 0.15) is 18.5 Å². The Morgan fingerprint density at radius 1 is 1.40 bits per heavy atom. The lowest BCUT2D eigenvalue weighted by Crippen LogP contribution is -2.48. The normalized spacial score (nSPS) is 25.1. The Kier molecular flexibility index (Phi) is 3.03. The molecule has 1 unspecified atom stereocenters. The van der Waals surface area contributed by atoms with Crippen molar-refractivity contribution in [3.8, 4) is 0 Å². The second-order valence-corrected chi connectivity index (χ2v) is 6.52. The van der Waals surface area contributed by atoms with E-state index in [0.717, 1.165) is 4.31 Å². The molecular weight excluding hydrogens is 285 g/mol. The lowest BCUT2D eigenvalue weighted by molar-refractivity contribution is 0.0749. The number of hydrogen-bond acceptors (Lipinski definition) is 4. The minimum Gasteiger partial charge on any atom is -0.356 e. The van der Waals surface area contributed by atoms with Crippen molar-refractivity contribution >= 4 is 21.2 Å². The molecule has 0 saturated carbocycles. The summed E-state index contributed by atoms with van der Waals surface area (Å²) in [5.74, 6) is 0. The molecule has 0 amide bonds. The summed E-state index contributed by atoms with van der Waals surface area (Å²) in [4.78, 5) is 0. The highest BCUT2D eigenvalue weighted by molar-refractivity contribution is 7.86. The fourth-order valence-electron chi connectivity index (χ4n) is 2.59. The largest absolute Gasteiger partial charge is 0.356 e. The van der Waals surface area contributed by atoms with E-state index in [1.54, 1.807) is 24.3 Å². The number of aromatic nitrogens is 1. The number of fused-ring (bicyclic) bond motifs is 1. The van der Waals surface area contributed by atoms with Crippen LogP contribution in [0, 0.1) is 0 Å². The molecule has 0 aliphatic carbocycles. The van der Waals surface area contributed by atoms with Crippen molar-refractivity contribution in [2.45, 2.75) is 18.5 Å². The lowest BCUT2D eigenvalue weighted by Gasteiger charge is -2.34. The van der Waals surface area contributed by atoms with Crippen molar-refractivity contribution in [2.75, 3.05) is 13.1 Å². The summed E-state index contributed by atoms with van der Waals surface area (Å²) >= 11 is 0. The van der Waals surface area contributed by atoms with E-state index in [9.17, 15) is 8.42 Å². The SMILES string of the molecule is NS(=O)(=O)N1CCCC(F)(c2noc3ccccc23)C1. The van der Waals surface area contributed by atoms with Crippen LogP contribution < -0.4 is 5.14 Å². The lowest BCUT2D eigenvalue weighted by atomic mass is 9.91. The molecule has 1 saturated heterocycles. The van der Waals surface area contributed by atoms with Crippen LogP contribution in [0.25, 0.3) is 11.0 Å². The number of halogens is 1. The maximum Gasteiger partial charge on any atom is 0.277 e. The van der Waals surface area contributed by atoms with Gasteiger partial charge < -0.3 is 4.52 Å². The maximum absolute atomic E-state index is 15.2. The molecule has 3 rings (SSSR count). The van der Waals surface area contributed by atoms with Crippen molar-refractivity contribution in [3.63, 3.8) is 0 Å². The summed E-state index contributed by atoms with van der Waals surface area (Å²) in [5.41, 5.74) is -1.26. The zero-order valence-corrected chi connectivity index (χ0v) is 11.4. The molecule has 1 aromatic heterocycles. The van der Waals surface area contributed by atoms with Gasteiger partial charge in [-0.25, -0.2) is 9.53 Å². The molecule has 2 heterocycles. The Hall–Kier alpha value is -1.51. The number of nitrogens with zero attached hydrogens (tertiary/aromatic N) is 2. The molecule has 0 radical (unpaired) electrons. The van der Waals surface area contributed by atoms with E-state index >= 15 is 4.39 Å². The van der Waals surface area contributed by atoms with Crippen LogP contribution in [0.15, 0.2) is 28.8 Å². The summed E-state index contributed by atoms with van der Waals surface area (Å²) in [6.45, 7) is -0.108.